The first-order valence-electron chi connectivity index (χ1n) is 9.90. The van der Waals surface area contributed by atoms with E-state index in [-0.39, 0.29) is 12.1 Å². The van der Waals surface area contributed by atoms with E-state index in [1.54, 1.807) is 0 Å². The molecule has 2 aliphatic rings. The van der Waals surface area contributed by atoms with Crippen LogP contribution in [-0.4, -0.2) is 25.0 Å². The molecule has 0 unspecified atom stereocenters. The molecule has 0 radical (unpaired) electrons. The smallest absolute Gasteiger partial charge is 0.273 e. The third kappa shape index (κ3) is 3.32. The molecule has 0 saturated heterocycles. The summed E-state index contributed by atoms with van der Waals surface area (Å²) in [6, 6.07) is 8.87. The Kier molecular flexibility index (Phi) is 4.74. The fourth-order valence-electron chi connectivity index (χ4n) is 4.35. The van der Waals surface area contributed by atoms with E-state index in [0.29, 0.717) is 25.0 Å². The standard InChI is InChI=1S/C24H28N2O2/c1-13-7-17(5)22(18(6)8-13)21-12-28-24(26-21)23-25-20(11-27-23)19-10-15(3)14(2)9-16(19)4/h7-10,20-21H,11-12H2,1-6H3/t20-,21-/m1/s1. The molecule has 0 saturated carbocycles. The molecule has 146 valence electrons. The van der Waals surface area contributed by atoms with Crippen LogP contribution in [0.15, 0.2) is 34.3 Å². The predicted octanol–water partition coefficient (Wildman–Crippen LogP) is 5.18. The number of hydrogen-bond acceptors (Lipinski definition) is 4. The first-order chi connectivity index (χ1) is 13.3. The lowest BCUT2D eigenvalue weighted by Crippen LogP contribution is -2.14. The fraction of sp³-hybridized carbons (Fsp3) is 0.417. The second-order valence-electron chi connectivity index (χ2n) is 8.13. The van der Waals surface area contributed by atoms with Gasteiger partial charge in [0.2, 0.25) is 0 Å². The minimum atomic E-state index is 0.00231. The summed E-state index contributed by atoms with van der Waals surface area (Å²) in [7, 11) is 0. The summed E-state index contributed by atoms with van der Waals surface area (Å²) in [5.41, 5.74) is 10.1. The Hall–Kier alpha value is -2.62. The van der Waals surface area contributed by atoms with Crippen LogP contribution in [0.5, 0.6) is 0 Å². The summed E-state index contributed by atoms with van der Waals surface area (Å²) < 4.78 is 11.8. The molecule has 0 spiro atoms. The zero-order chi connectivity index (χ0) is 20.0. The molecule has 2 aromatic rings. The second-order valence-corrected chi connectivity index (χ2v) is 8.13. The average molecular weight is 377 g/mol. The van der Waals surface area contributed by atoms with Crippen molar-refractivity contribution >= 4 is 11.8 Å². The summed E-state index contributed by atoms with van der Waals surface area (Å²) in [6.45, 7) is 13.9. The van der Waals surface area contributed by atoms with Gasteiger partial charge in [0, 0.05) is 0 Å². The van der Waals surface area contributed by atoms with E-state index in [1.165, 1.54) is 44.5 Å². The third-order valence-electron chi connectivity index (χ3n) is 5.80. The Morgan fingerprint density at radius 3 is 1.82 bits per heavy atom. The van der Waals surface area contributed by atoms with Gasteiger partial charge in [0.25, 0.3) is 11.8 Å². The highest BCUT2D eigenvalue weighted by Gasteiger charge is 2.32. The summed E-state index contributed by atoms with van der Waals surface area (Å²) in [5, 5.41) is 0. The molecule has 4 nitrogen and oxygen atoms in total. The molecule has 4 heteroatoms. The van der Waals surface area contributed by atoms with Gasteiger partial charge in [0.15, 0.2) is 0 Å². The van der Waals surface area contributed by atoms with Gasteiger partial charge in [-0.3, -0.25) is 0 Å². The maximum Gasteiger partial charge on any atom is 0.273 e. The highest BCUT2D eigenvalue weighted by Crippen LogP contribution is 2.32. The number of aryl methyl sites for hydroxylation is 6. The number of rotatable bonds is 3. The molecule has 2 heterocycles. The maximum atomic E-state index is 5.90. The van der Waals surface area contributed by atoms with Gasteiger partial charge in [-0.25, -0.2) is 9.98 Å². The van der Waals surface area contributed by atoms with E-state index in [1.807, 2.05) is 0 Å². The normalized spacial score (nSPS) is 21.2. The topological polar surface area (TPSA) is 43.2 Å². The number of nitrogens with zero attached hydrogens (tertiary/aromatic N) is 2. The molecule has 0 amide bonds. The van der Waals surface area contributed by atoms with Crippen LogP contribution in [0, 0.1) is 41.5 Å². The lowest BCUT2D eigenvalue weighted by molar-refractivity contribution is 0.295. The molecule has 0 bridgehead atoms. The number of benzene rings is 2. The Labute approximate surface area is 167 Å². The fourth-order valence-corrected chi connectivity index (χ4v) is 4.35. The quantitative estimate of drug-likeness (QED) is 0.741. The lowest BCUT2D eigenvalue weighted by Gasteiger charge is -2.14. The van der Waals surface area contributed by atoms with Crippen LogP contribution in [0.4, 0.5) is 0 Å². The molecule has 4 rings (SSSR count). The first-order valence-corrected chi connectivity index (χ1v) is 9.90. The summed E-state index contributed by atoms with van der Waals surface area (Å²) in [4.78, 5) is 9.61. The number of aliphatic imine (C=N–C) groups is 2. The third-order valence-corrected chi connectivity index (χ3v) is 5.80. The molecule has 2 aromatic carbocycles. The van der Waals surface area contributed by atoms with Gasteiger partial charge < -0.3 is 9.47 Å². The average Bonchev–Trinajstić information content (AvgIpc) is 3.26. The van der Waals surface area contributed by atoms with Gasteiger partial charge >= 0.3 is 0 Å². The molecule has 0 aromatic heterocycles. The van der Waals surface area contributed by atoms with E-state index >= 15 is 0 Å². The van der Waals surface area contributed by atoms with Gasteiger partial charge in [-0.05, 0) is 80.5 Å². The lowest BCUT2D eigenvalue weighted by atomic mass is 9.95. The van der Waals surface area contributed by atoms with Crippen LogP contribution in [0.1, 0.15) is 56.6 Å². The summed E-state index contributed by atoms with van der Waals surface area (Å²) >= 11 is 0. The van der Waals surface area contributed by atoms with Crippen LogP contribution in [0.3, 0.4) is 0 Å². The zero-order valence-electron chi connectivity index (χ0n) is 17.6. The Bertz CT molecular complexity index is 981. The van der Waals surface area contributed by atoms with Crippen molar-refractivity contribution in [3.8, 4) is 0 Å². The molecule has 0 aliphatic carbocycles. The van der Waals surface area contributed by atoms with Crippen molar-refractivity contribution in [3.05, 3.63) is 68.8 Å². The Morgan fingerprint density at radius 2 is 1.18 bits per heavy atom. The molecule has 2 atom stereocenters. The van der Waals surface area contributed by atoms with E-state index in [4.69, 9.17) is 19.5 Å². The van der Waals surface area contributed by atoms with Crippen molar-refractivity contribution in [1.82, 2.24) is 0 Å². The van der Waals surface area contributed by atoms with Crippen molar-refractivity contribution in [2.45, 2.75) is 53.6 Å². The van der Waals surface area contributed by atoms with E-state index in [2.05, 4.69) is 65.8 Å². The summed E-state index contributed by atoms with van der Waals surface area (Å²) in [6.07, 6.45) is 0. The molecule has 0 N–H and O–H groups in total. The van der Waals surface area contributed by atoms with Crippen LogP contribution in [-0.2, 0) is 9.47 Å². The Balaban J connectivity index is 1.60. The maximum absolute atomic E-state index is 5.90. The predicted molar refractivity (Wildman–Crippen MR) is 114 cm³/mol. The van der Waals surface area contributed by atoms with Crippen molar-refractivity contribution < 1.29 is 9.47 Å². The molecule has 0 fully saturated rings. The largest absolute Gasteiger partial charge is 0.471 e. The number of ether oxygens (including phenoxy) is 2. The van der Waals surface area contributed by atoms with Crippen LogP contribution < -0.4 is 0 Å². The van der Waals surface area contributed by atoms with Crippen LogP contribution in [0.25, 0.3) is 0 Å². The van der Waals surface area contributed by atoms with Crippen LogP contribution in [0.2, 0.25) is 0 Å². The van der Waals surface area contributed by atoms with Gasteiger partial charge in [0.05, 0.1) is 0 Å². The van der Waals surface area contributed by atoms with Gasteiger partial charge in [-0.2, -0.15) is 0 Å². The molecular weight excluding hydrogens is 348 g/mol. The molecular formula is C24H28N2O2. The summed E-state index contributed by atoms with van der Waals surface area (Å²) in [5.74, 6) is 1.07. The van der Waals surface area contributed by atoms with E-state index < -0.39 is 0 Å². The molecule has 2 aliphatic heterocycles. The van der Waals surface area contributed by atoms with Crippen molar-refractivity contribution in [2.75, 3.05) is 13.2 Å². The van der Waals surface area contributed by atoms with Gasteiger partial charge in [-0.15, -0.1) is 0 Å². The van der Waals surface area contributed by atoms with E-state index in [0.717, 1.165) is 0 Å². The zero-order valence-corrected chi connectivity index (χ0v) is 17.6. The molecule has 28 heavy (non-hydrogen) atoms. The first kappa shape index (κ1) is 18.7. The minimum Gasteiger partial charge on any atom is -0.471 e. The van der Waals surface area contributed by atoms with Crippen molar-refractivity contribution in [3.63, 3.8) is 0 Å². The minimum absolute atomic E-state index is 0.00231. The number of hydrogen-bond donors (Lipinski definition) is 0. The Morgan fingerprint density at radius 1 is 0.643 bits per heavy atom. The SMILES string of the molecule is Cc1cc(C)c([C@H]2COC(C3=N[C@@H](c4cc(C)c(C)cc4C)CO3)=N2)c(C)c1. The van der Waals surface area contributed by atoms with Crippen LogP contribution >= 0.6 is 0 Å². The highest BCUT2D eigenvalue weighted by molar-refractivity contribution is 6.36. The van der Waals surface area contributed by atoms with Gasteiger partial charge in [0.1, 0.15) is 25.3 Å². The van der Waals surface area contributed by atoms with Gasteiger partial charge in [-0.1, -0.05) is 29.8 Å². The van der Waals surface area contributed by atoms with E-state index in [9.17, 15) is 0 Å². The van der Waals surface area contributed by atoms with Crippen molar-refractivity contribution in [2.24, 2.45) is 9.98 Å². The highest BCUT2D eigenvalue weighted by atomic mass is 16.5. The monoisotopic (exact) mass is 376 g/mol. The van der Waals surface area contributed by atoms with Crippen molar-refractivity contribution in [1.29, 1.82) is 0 Å². The second kappa shape index (κ2) is 7.08.